The Morgan fingerprint density at radius 1 is 0.927 bits per heavy atom. The van der Waals surface area contributed by atoms with Crippen LogP contribution in [0.4, 0.5) is 5.69 Å². The van der Waals surface area contributed by atoms with Crippen molar-refractivity contribution >= 4 is 27.5 Å². The lowest BCUT2D eigenvalue weighted by Crippen LogP contribution is -2.52. The van der Waals surface area contributed by atoms with Gasteiger partial charge in [-0.2, -0.15) is 0 Å². The minimum atomic E-state index is -4.11. The zero-order chi connectivity index (χ0) is 29.8. The fourth-order valence-corrected chi connectivity index (χ4v) is 5.76. The molecule has 3 aromatic carbocycles. The number of sulfonamides is 1. The summed E-state index contributed by atoms with van der Waals surface area (Å²) in [4.78, 5) is 28.5. The van der Waals surface area contributed by atoms with Crippen LogP contribution in [-0.4, -0.2) is 57.4 Å². The highest BCUT2D eigenvalue weighted by Crippen LogP contribution is 2.26. The first-order chi connectivity index (χ1) is 19.7. The van der Waals surface area contributed by atoms with Crippen molar-refractivity contribution in [3.8, 4) is 5.75 Å². The van der Waals surface area contributed by atoms with Crippen LogP contribution in [-0.2, 0) is 26.0 Å². The van der Waals surface area contributed by atoms with Gasteiger partial charge in [0.2, 0.25) is 11.8 Å². The second-order valence-electron chi connectivity index (χ2n) is 9.89. The molecule has 0 unspecified atom stereocenters. The van der Waals surface area contributed by atoms with E-state index in [4.69, 9.17) is 4.74 Å². The summed E-state index contributed by atoms with van der Waals surface area (Å²) in [6, 6.07) is 22.0. The normalized spacial score (nSPS) is 11.9. The number of benzene rings is 3. The first-order valence-corrected chi connectivity index (χ1v) is 15.5. The van der Waals surface area contributed by atoms with Gasteiger partial charge in [-0.25, -0.2) is 8.42 Å². The maximum atomic E-state index is 13.9. The van der Waals surface area contributed by atoms with E-state index in [1.807, 2.05) is 51.1 Å². The van der Waals surface area contributed by atoms with Gasteiger partial charge in [0.15, 0.2) is 0 Å². The van der Waals surface area contributed by atoms with Crippen molar-refractivity contribution in [3.05, 3.63) is 90.0 Å². The maximum absolute atomic E-state index is 13.9. The summed E-state index contributed by atoms with van der Waals surface area (Å²) < 4.78 is 34.5. The molecule has 0 bridgehead atoms. The van der Waals surface area contributed by atoms with Gasteiger partial charge in [-0.05, 0) is 75.6 Å². The van der Waals surface area contributed by atoms with E-state index >= 15 is 0 Å². The molecule has 2 amide bonds. The molecule has 0 aliphatic carbocycles. The molecule has 3 rings (SSSR count). The van der Waals surface area contributed by atoms with E-state index in [0.29, 0.717) is 31.0 Å². The first-order valence-electron chi connectivity index (χ1n) is 14.1. The highest BCUT2D eigenvalue weighted by atomic mass is 32.2. The Bertz CT molecular complexity index is 1360. The average Bonchev–Trinajstić information content (AvgIpc) is 2.97. The topological polar surface area (TPSA) is 96.0 Å². The molecule has 0 aliphatic heterocycles. The molecular weight excluding hydrogens is 538 g/mol. The standard InChI is InChI=1S/C32H41N3O5S/c1-5-7-22-33-32(37)26(4)34(23-21-27-11-9-8-10-12-27)31(36)24-35(28-15-17-29(18-16-28)40-6-2)41(38,39)30-19-13-25(3)14-20-30/h8-20,26H,5-7,21-24H2,1-4H3,(H,33,37)/t26-/m1/s1. The van der Waals surface area contributed by atoms with E-state index in [2.05, 4.69) is 5.32 Å². The molecule has 8 nitrogen and oxygen atoms in total. The van der Waals surface area contributed by atoms with Crippen LogP contribution >= 0.6 is 0 Å². The van der Waals surface area contributed by atoms with Gasteiger partial charge in [0.1, 0.15) is 18.3 Å². The monoisotopic (exact) mass is 579 g/mol. The van der Waals surface area contributed by atoms with Gasteiger partial charge in [0, 0.05) is 13.1 Å². The van der Waals surface area contributed by atoms with E-state index in [9.17, 15) is 18.0 Å². The number of amides is 2. The molecule has 0 heterocycles. The van der Waals surface area contributed by atoms with E-state index in [1.165, 1.54) is 17.0 Å². The predicted octanol–water partition coefficient (Wildman–Crippen LogP) is 4.97. The zero-order valence-corrected chi connectivity index (χ0v) is 25.2. The van der Waals surface area contributed by atoms with Crippen molar-refractivity contribution in [1.29, 1.82) is 0 Å². The summed E-state index contributed by atoms with van der Waals surface area (Å²) >= 11 is 0. The van der Waals surface area contributed by atoms with Crippen LogP contribution in [0, 0.1) is 6.92 Å². The summed E-state index contributed by atoms with van der Waals surface area (Å²) in [5.41, 5.74) is 2.26. The van der Waals surface area contributed by atoms with Gasteiger partial charge in [0.05, 0.1) is 17.2 Å². The molecule has 41 heavy (non-hydrogen) atoms. The van der Waals surface area contributed by atoms with Gasteiger partial charge in [-0.3, -0.25) is 13.9 Å². The number of carbonyl (C=O) groups is 2. The number of nitrogens with one attached hydrogen (secondary N) is 1. The van der Waals surface area contributed by atoms with Crippen LogP contribution in [0.5, 0.6) is 5.75 Å². The molecule has 0 spiro atoms. The molecule has 1 atom stereocenters. The van der Waals surface area contributed by atoms with E-state index in [1.54, 1.807) is 43.3 Å². The molecule has 0 saturated carbocycles. The quantitative estimate of drug-likeness (QED) is 0.257. The Hall–Kier alpha value is -3.85. The number of anilines is 1. The maximum Gasteiger partial charge on any atom is 0.264 e. The number of carbonyl (C=O) groups excluding carboxylic acids is 2. The lowest BCUT2D eigenvalue weighted by Gasteiger charge is -2.32. The minimum absolute atomic E-state index is 0.0750. The fraction of sp³-hybridized carbons (Fsp3) is 0.375. The Kier molecular flexibility index (Phi) is 11.8. The van der Waals surface area contributed by atoms with Crippen LogP contribution in [0.25, 0.3) is 0 Å². The Morgan fingerprint density at radius 3 is 2.20 bits per heavy atom. The van der Waals surface area contributed by atoms with Gasteiger partial charge in [-0.1, -0.05) is 61.4 Å². The molecule has 0 aromatic heterocycles. The fourth-order valence-electron chi connectivity index (χ4n) is 4.35. The van der Waals surface area contributed by atoms with Crippen LogP contribution in [0.3, 0.4) is 0 Å². The van der Waals surface area contributed by atoms with Crippen LogP contribution in [0.2, 0.25) is 0 Å². The second-order valence-corrected chi connectivity index (χ2v) is 11.8. The third kappa shape index (κ3) is 8.82. The second kappa shape index (κ2) is 15.2. The highest BCUT2D eigenvalue weighted by molar-refractivity contribution is 7.92. The summed E-state index contributed by atoms with van der Waals surface area (Å²) in [6.45, 7) is 8.23. The third-order valence-electron chi connectivity index (χ3n) is 6.80. The molecule has 9 heteroatoms. The molecular formula is C32H41N3O5S. The van der Waals surface area contributed by atoms with Crippen LogP contribution in [0.15, 0.2) is 83.8 Å². The van der Waals surface area contributed by atoms with Gasteiger partial charge < -0.3 is 15.0 Å². The zero-order valence-electron chi connectivity index (χ0n) is 24.4. The summed E-state index contributed by atoms with van der Waals surface area (Å²) in [5.74, 6) is -0.144. The van der Waals surface area contributed by atoms with Crippen molar-refractivity contribution in [2.45, 2.75) is 57.9 Å². The van der Waals surface area contributed by atoms with E-state index in [-0.39, 0.29) is 17.3 Å². The SMILES string of the molecule is CCCCNC(=O)[C@@H](C)N(CCc1ccccc1)C(=O)CN(c1ccc(OCC)cc1)S(=O)(=O)c1ccc(C)cc1. The highest BCUT2D eigenvalue weighted by Gasteiger charge is 2.32. The number of hydrogen-bond acceptors (Lipinski definition) is 5. The van der Waals surface area contributed by atoms with Gasteiger partial charge in [0.25, 0.3) is 10.0 Å². The Morgan fingerprint density at radius 2 is 1.59 bits per heavy atom. The average molecular weight is 580 g/mol. The van der Waals surface area contributed by atoms with Gasteiger partial charge >= 0.3 is 0 Å². The summed E-state index contributed by atoms with van der Waals surface area (Å²) in [7, 11) is -4.11. The number of hydrogen-bond donors (Lipinski definition) is 1. The first kappa shape index (κ1) is 31.7. The van der Waals surface area contributed by atoms with Crippen molar-refractivity contribution in [1.82, 2.24) is 10.2 Å². The van der Waals surface area contributed by atoms with E-state index in [0.717, 1.165) is 28.3 Å². The Balaban J connectivity index is 1.95. The molecule has 0 aliphatic rings. The van der Waals surface area contributed by atoms with Gasteiger partial charge in [-0.15, -0.1) is 0 Å². The summed E-state index contributed by atoms with van der Waals surface area (Å²) in [5, 5.41) is 2.90. The number of rotatable bonds is 15. The molecule has 0 fully saturated rings. The predicted molar refractivity (Wildman–Crippen MR) is 163 cm³/mol. The third-order valence-corrected chi connectivity index (χ3v) is 8.59. The van der Waals surface area contributed by atoms with Crippen LogP contribution < -0.4 is 14.4 Å². The largest absolute Gasteiger partial charge is 0.494 e. The number of unbranched alkanes of at least 4 members (excludes halogenated alkanes) is 1. The van der Waals surface area contributed by atoms with Crippen molar-refractivity contribution in [3.63, 3.8) is 0 Å². The molecule has 1 N–H and O–H groups in total. The van der Waals surface area contributed by atoms with Crippen LogP contribution in [0.1, 0.15) is 44.7 Å². The minimum Gasteiger partial charge on any atom is -0.494 e. The molecule has 0 radical (unpaired) electrons. The van der Waals surface area contributed by atoms with Crippen molar-refractivity contribution in [2.75, 3.05) is 30.5 Å². The smallest absolute Gasteiger partial charge is 0.264 e. The van der Waals surface area contributed by atoms with Crippen molar-refractivity contribution in [2.24, 2.45) is 0 Å². The molecule has 0 saturated heterocycles. The molecule has 3 aromatic rings. The lowest BCUT2D eigenvalue weighted by atomic mass is 10.1. The van der Waals surface area contributed by atoms with E-state index < -0.39 is 28.5 Å². The summed E-state index contributed by atoms with van der Waals surface area (Å²) in [6.07, 6.45) is 2.28. The number of nitrogens with zero attached hydrogens (tertiary/aromatic N) is 2. The number of ether oxygens (including phenoxy) is 1. The van der Waals surface area contributed by atoms with Crippen molar-refractivity contribution < 1.29 is 22.7 Å². The molecule has 220 valence electrons. The lowest BCUT2D eigenvalue weighted by molar-refractivity contribution is -0.138. The number of aryl methyl sites for hydroxylation is 1. The Labute approximate surface area is 244 Å².